The van der Waals surface area contributed by atoms with Gasteiger partial charge in [0.25, 0.3) is 0 Å². The number of hydrogen-bond acceptors (Lipinski definition) is 4. The SMILES string of the molecule is CCc1ccc(NC(=O)C(C)Nc2ccc(OC)c(OC)c2)cc1. The van der Waals surface area contributed by atoms with Crippen molar-refractivity contribution in [3.63, 3.8) is 0 Å². The molecule has 1 unspecified atom stereocenters. The second-order valence-electron chi connectivity index (χ2n) is 5.48. The van der Waals surface area contributed by atoms with E-state index in [1.165, 1.54) is 5.56 Å². The first kappa shape index (κ1) is 17.7. The second-order valence-corrected chi connectivity index (χ2v) is 5.48. The van der Waals surface area contributed by atoms with Crippen molar-refractivity contribution in [1.29, 1.82) is 0 Å². The summed E-state index contributed by atoms with van der Waals surface area (Å²) in [5.74, 6) is 1.16. The van der Waals surface area contributed by atoms with E-state index in [0.29, 0.717) is 11.5 Å². The molecule has 0 saturated carbocycles. The minimum absolute atomic E-state index is 0.103. The summed E-state index contributed by atoms with van der Waals surface area (Å²) in [7, 11) is 3.17. The van der Waals surface area contributed by atoms with E-state index in [2.05, 4.69) is 17.6 Å². The van der Waals surface area contributed by atoms with E-state index in [1.54, 1.807) is 26.4 Å². The van der Waals surface area contributed by atoms with E-state index in [4.69, 9.17) is 9.47 Å². The molecule has 0 bridgehead atoms. The Morgan fingerprint density at radius 3 is 2.21 bits per heavy atom. The largest absolute Gasteiger partial charge is 0.493 e. The number of ether oxygens (including phenoxy) is 2. The van der Waals surface area contributed by atoms with Gasteiger partial charge in [0.05, 0.1) is 14.2 Å². The highest BCUT2D eigenvalue weighted by Crippen LogP contribution is 2.30. The van der Waals surface area contributed by atoms with Gasteiger partial charge in [-0.05, 0) is 43.2 Å². The van der Waals surface area contributed by atoms with Crippen LogP contribution in [0, 0.1) is 0 Å². The summed E-state index contributed by atoms with van der Waals surface area (Å²) in [6.07, 6.45) is 0.978. The number of amides is 1. The molecule has 5 heteroatoms. The van der Waals surface area contributed by atoms with Crippen molar-refractivity contribution in [2.24, 2.45) is 0 Å². The number of anilines is 2. The standard InChI is InChI=1S/C19H24N2O3/c1-5-14-6-8-15(9-7-14)21-19(22)13(2)20-16-10-11-17(23-3)18(12-16)24-4/h6-13,20H,5H2,1-4H3,(H,21,22). The van der Waals surface area contributed by atoms with Gasteiger partial charge in [-0.25, -0.2) is 0 Å². The van der Waals surface area contributed by atoms with E-state index < -0.39 is 6.04 Å². The average Bonchev–Trinajstić information content (AvgIpc) is 2.62. The molecule has 24 heavy (non-hydrogen) atoms. The lowest BCUT2D eigenvalue weighted by Gasteiger charge is -2.17. The molecule has 1 amide bonds. The Balaban J connectivity index is 2.00. The molecule has 2 aromatic carbocycles. The molecule has 0 radical (unpaired) electrons. The van der Waals surface area contributed by atoms with E-state index in [0.717, 1.165) is 17.8 Å². The Morgan fingerprint density at radius 1 is 1.00 bits per heavy atom. The summed E-state index contributed by atoms with van der Waals surface area (Å²) in [5, 5.41) is 6.07. The van der Waals surface area contributed by atoms with Gasteiger partial charge in [0.2, 0.25) is 5.91 Å². The number of carbonyl (C=O) groups excluding carboxylic acids is 1. The minimum Gasteiger partial charge on any atom is -0.493 e. The Hall–Kier alpha value is -2.69. The summed E-state index contributed by atoms with van der Waals surface area (Å²) in [5.41, 5.74) is 2.82. The first-order valence-electron chi connectivity index (χ1n) is 7.95. The zero-order valence-electron chi connectivity index (χ0n) is 14.6. The summed E-state index contributed by atoms with van der Waals surface area (Å²) < 4.78 is 10.5. The molecule has 0 aliphatic carbocycles. The predicted octanol–water partition coefficient (Wildman–Crippen LogP) is 3.71. The van der Waals surface area contributed by atoms with Gasteiger partial charge < -0.3 is 20.1 Å². The lowest BCUT2D eigenvalue weighted by Crippen LogP contribution is -2.31. The molecule has 2 aromatic rings. The van der Waals surface area contributed by atoms with Crippen molar-refractivity contribution in [1.82, 2.24) is 0 Å². The van der Waals surface area contributed by atoms with Crippen LogP contribution in [0.4, 0.5) is 11.4 Å². The number of rotatable bonds is 7. The maximum atomic E-state index is 12.3. The third kappa shape index (κ3) is 4.41. The number of benzene rings is 2. The molecule has 0 spiro atoms. The molecule has 2 rings (SSSR count). The highest BCUT2D eigenvalue weighted by molar-refractivity contribution is 5.96. The number of methoxy groups -OCH3 is 2. The molecule has 0 fully saturated rings. The van der Waals surface area contributed by atoms with Gasteiger partial charge in [0, 0.05) is 17.4 Å². The molecule has 128 valence electrons. The molecule has 0 heterocycles. The molecule has 2 N–H and O–H groups in total. The summed E-state index contributed by atoms with van der Waals surface area (Å²) in [6, 6.07) is 12.9. The lowest BCUT2D eigenvalue weighted by molar-refractivity contribution is -0.116. The highest BCUT2D eigenvalue weighted by atomic mass is 16.5. The van der Waals surface area contributed by atoms with Gasteiger partial charge in [0.15, 0.2) is 11.5 Å². The number of carbonyl (C=O) groups is 1. The number of nitrogens with one attached hydrogen (secondary N) is 2. The van der Waals surface area contributed by atoms with E-state index in [1.807, 2.05) is 37.3 Å². The highest BCUT2D eigenvalue weighted by Gasteiger charge is 2.14. The topological polar surface area (TPSA) is 59.6 Å². The van der Waals surface area contributed by atoms with Crippen LogP contribution in [-0.2, 0) is 11.2 Å². The van der Waals surface area contributed by atoms with Crippen LogP contribution >= 0.6 is 0 Å². The fourth-order valence-electron chi connectivity index (χ4n) is 2.32. The molecule has 0 aliphatic heterocycles. The second kappa shape index (κ2) is 8.24. The van der Waals surface area contributed by atoms with Crippen molar-refractivity contribution in [3.8, 4) is 11.5 Å². The molecular weight excluding hydrogens is 304 g/mol. The van der Waals surface area contributed by atoms with Crippen molar-refractivity contribution in [2.45, 2.75) is 26.3 Å². The van der Waals surface area contributed by atoms with Gasteiger partial charge in [-0.2, -0.15) is 0 Å². The van der Waals surface area contributed by atoms with Gasteiger partial charge in [-0.1, -0.05) is 19.1 Å². The van der Waals surface area contributed by atoms with Crippen LogP contribution in [0.2, 0.25) is 0 Å². The Kier molecular flexibility index (Phi) is 6.07. The van der Waals surface area contributed by atoms with Crippen molar-refractivity contribution in [3.05, 3.63) is 48.0 Å². The first-order chi connectivity index (χ1) is 11.6. The molecule has 0 saturated heterocycles. The van der Waals surface area contributed by atoms with Crippen molar-refractivity contribution in [2.75, 3.05) is 24.9 Å². The predicted molar refractivity (Wildman–Crippen MR) is 97.1 cm³/mol. The zero-order chi connectivity index (χ0) is 17.5. The van der Waals surface area contributed by atoms with Crippen LogP contribution < -0.4 is 20.1 Å². The van der Waals surface area contributed by atoms with E-state index >= 15 is 0 Å². The first-order valence-corrected chi connectivity index (χ1v) is 7.95. The average molecular weight is 328 g/mol. The fraction of sp³-hybridized carbons (Fsp3) is 0.316. The monoisotopic (exact) mass is 328 g/mol. The van der Waals surface area contributed by atoms with Crippen LogP contribution in [0.3, 0.4) is 0 Å². The third-order valence-corrected chi connectivity index (χ3v) is 3.79. The van der Waals surface area contributed by atoms with Crippen LogP contribution in [-0.4, -0.2) is 26.2 Å². The van der Waals surface area contributed by atoms with Crippen molar-refractivity contribution < 1.29 is 14.3 Å². The molecule has 0 aliphatic rings. The quantitative estimate of drug-likeness (QED) is 0.813. The van der Waals surface area contributed by atoms with E-state index in [9.17, 15) is 4.79 Å². The Bertz CT molecular complexity index is 684. The van der Waals surface area contributed by atoms with Gasteiger partial charge in [0.1, 0.15) is 6.04 Å². The molecular formula is C19H24N2O3. The van der Waals surface area contributed by atoms with Crippen LogP contribution in [0.25, 0.3) is 0 Å². The summed E-state index contributed by atoms with van der Waals surface area (Å²) >= 11 is 0. The fourth-order valence-corrected chi connectivity index (χ4v) is 2.32. The smallest absolute Gasteiger partial charge is 0.246 e. The normalized spacial score (nSPS) is 11.5. The van der Waals surface area contributed by atoms with Gasteiger partial charge >= 0.3 is 0 Å². The number of aryl methyl sites for hydroxylation is 1. The Labute approximate surface area is 143 Å². The maximum Gasteiger partial charge on any atom is 0.246 e. The third-order valence-electron chi connectivity index (χ3n) is 3.79. The Morgan fingerprint density at radius 2 is 1.62 bits per heavy atom. The van der Waals surface area contributed by atoms with Crippen LogP contribution in [0.1, 0.15) is 19.4 Å². The number of hydrogen-bond donors (Lipinski definition) is 2. The van der Waals surface area contributed by atoms with Gasteiger partial charge in [-0.3, -0.25) is 4.79 Å². The van der Waals surface area contributed by atoms with Crippen LogP contribution in [0.15, 0.2) is 42.5 Å². The zero-order valence-corrected chi connectivity index (χ0v) is 14.6. The maximum absolute atomic E-state index is 12.3. The minimum atomic E-state index is -0.394. The van der Waals surface area contributed by atoms with Crippen LogP contribution in [0.5, 0.6) is 11.5 Å². The van der Waals surface area contributed by atoms with Gasteiger partial charge in [-0.15, -0.1) is 0 Å². The molecule has 0 aromatic heterocycles. The summed E-state index contributed by atoms with van der Waals surface area (Å²) in [6.45, 7) is 3.91. The van der Waals surface area contributed by atoms with Crippen molar-refractivity contribution >= 4 is 17.3 Å². The molecule has 5 nitrogen and oxygen atoms in total. The lowest BCUT2D eigenvalue weighted by atomic mass is 10.1. The van der Waals surface area contributed by atoms with E-state index in [-0.39, 0.29) is 5.91 Å². The molecule has 1 atom stereocenters. The summed E-state index contributed by atoms with van der Waals surface area (Å²) in [4.78, 5) is 12.3.